The number of aliphatic carboxylic acids is 2. The van der Waals surface area contributed by atoms with E-state index < -0.39 is 11.9 Å². The molecule has 0 bridgehead atoms. The maximum absolute atomic E-state index is 9.70. The molecule has 0 aliphatic rings. The van der Waals surface area contributed by atoms with Crippen LogP contribution >= 0.6 is 0 Å². The van der Waals surface area contributed by atoms with E-state index in [0.717, 1.165) is 6.92 Å². The molecule has 4 nitrogen and oxygen atoms in total. The molecule has 67 valence electrons. The zero-order valence-electron chi connectivity index (χ0n) is 6.67. The van der Waals surface area contributed by atoms with Gasteiger partial charge in [-0.25, -0.2) is 0 Å². The summed E-state index contributed by atoms with van der Waals surface area (Å²) in [4.78, 5) is 18.7. The van der Waals surface area contributed by atoms with E-state index >= 15 is 0 Å². The SMILES string of the molecule is CC(=O)O.CC(C)C(=O)O.[Mn]. The van der Waals surface area contributed by atoms with Gasteiger partial charge in [-0.2, -0.15) is 0 Å². The van der Waals surface area contributed by atoms with Crippen LogP contribution < -0.4 is 0 Å². The Kier molecular flexibility index (Phi) is 14.5. The molecule has 0 saturated carbocycles. The number of carbonyl (C=O) groups is 2. The smallest absolute Gasteiger partial charge is 0.305 e. The van der Waals surface area contributed by atoms with Crippen molar-refractivity contribution in [3.05, 3.63) is 0 Å². The minimum atomic E-state index is -0.833. The van der Waals surface area contributed by atoms with Crippen molar-refractivity contribution in [2.24, 2.45) is 5.92 Å². The minimum Gasteiger partial charge on any atom is -0.481 e. The van der Waals surface area contributed by atoms with Crippen molar-refractivity contribution in [2.75, 3.05) is 0 Å². The summed E-state index contributed by atoms with van der Waals surface area (Å²) in [5, 5.41) is 15.4. The molecule has 5 heteroatoms. The molecule has 0 heterocycles. The van der Waals surface area contributed by atoms with Crippen LogP contribution in [0.25, 0.3) is 0 Å². The van der Waals surface area contributed by atoms with E-state index in [2.05, 4.69) is 0 Å². The Morgan fingerprint density at radius 1 is 1.18 bits per heavy atom. The average molecular weight is 203 g/mol. The van der Waals surface area contributed by atoms with Gasteiger partial charge in [0.2, 0.25) is 0 Å². The van der Waals surface area contributed by atoms with Crippen LogP contribution in [0.2, 0.25) is 0 Å². The Morgan fingerprint density at radius 2 is 1.27 bits per heavy atom. The van der Waals surface area contributed by atoms with Gasteiger partial charge in [0.25, 0.3) is 5.97 Å². The fourth-order valence-electron chi connectivity index (χ4n) is 0. The zero-order chi connectivity index (χ0) is 8.73. The second-order valence-corrected chi connectivity index (χ2v) is 2.01. The molecule has 0 aromatic rings. The van der Waals surface area contributed by atoms with Gasteiger partial charge in [-0.3, -0.25) is 9.59 Å². The van der Waals surface area contributed by atoms with Crippen LogP contribution in [-0.4, -0.2) is 22.2 Å². The summed E-state index contributed by atoms with van der Waals surface area (Å²) in [5.41, 5.74) is 0. The standard InChI is InChI=1S/C4H8O2.C2H4O2.Mn/c1-3(2)4(5)6;1-2(3)4;/h3H,1-2H3,(H,5,6);1H3,(H,3,4);. The van der Waals surface area contributed by atoms with E-state index in [1.165, 1.54) is 0 Å². The summed E-state index contributed by atoms with van der Waals surface area (Å²) in [6, 6.07) is 0. The molecular weight excluding hydrogens is 191 g/mol. The van der Waals surface area contributed by atoms with E-state index in [-0.39, 0.29) is 23.0 Å². The largest absolute Gasteiger partial charge is 0.481 e. The van der Waals surface area contributed by atoms with Gasteiger partial charge >= 0.3 is 5.97 Å². The van der Waals surface area contributed by atoms with Crippen molar-refractivity contribution in [1.82, 2.24) is 0 Å². The van der Waals surface area contributed by atoms with Gasteiger partial charge in [0, 0.05) is 24.0 Å². The van der Waals surface area contributed by atoms with Crippen molar-refractivity contribution in [1.29, 1.82) is 0 Å². The third-order valence-electron chi connectivity index (χ3n) is 0.494. The van der Waals surface area contributed by atoms with Gasteiger partial charge in [0.15, 0.2) is 0 Å². The summed E-state index contributed by atoms with van der Waals surface area (Å²) in [6.07, 6.45) is 0. The molecule has 0 unspecified atom stereocenters. The number of hydrogen-bond donors (Lipinski definition) is 2. The Balaban J connectivity index is -0.000000114. The second-order valence-electron chi connectivity index (χ2n) is 2.01. The van der Waals surface area contributed by atoms with Gasteiger partial charge in [-0.1, -0.05) is 13.8 Å². The van der Waals surface area contributed by atoms with Crippen LogP contribution in [-0.2, 0) is 26.7 Å². The number of rotatable bonds is 1. The van der Waals surface area contributed by atoms with Crippen molar-refractivity contribution < 1.29 is 36.9 Å². The first-order chi connectivity index (χ1) is 4.37. The third-order valence-corrected chi connectivity index (χ3v) is 0.494. The molecule has 11 heavy (non-hydrogen) atoms. The maximum atomic E-state index is 9.70. The molecule has 0 amide bonds. The Morgan fingerprint density at radius 3 is 1.27 bits per heavy atom. The zero-order valence-corrected chi connectivity index (χ0v) is 7.85. The molecule has 0 rings (SSSR count). The number of hydrogen-bond acceptors (Lipinski definition) is 2. The molecule has 1 radical (unpaired) electrons. The summed E-state index contributed by atoms with van der Waals surface area (Å²) < 4.78 is 0. The Labute approximate surface area is 76.1 Å². The topological polar surface area (TPSA) is 74.6 Å². The van der Waals surface area contributed by atoms with E-state index in [9.17, 15) is 4.79 Å². The van der Waals surface area contributed by atoms with E-state index in [4.69, 9.17) is 15.0 Å². The fourth-order valence-corrected chi connectivity index (χ4v) is 0. The van der Waals surface area contributed by atoms with Gasteiger partial charge < -0.3 is 10.2 Å². The summed E-state index contributed by atoms with van der Waals surface area (Å²) in [5.74, 6) is -1.81. The van der Waals surface area contributed by atoms with Crippen molar-refractivity contribution in [3.8, 4) is 0 Å². The van der Waals surface area contributed by atoms with Gasteiger partial charge in [-0.05, 0) is 0 Å². The van der Waals surface area contributed by atoms with Crippen LogP contribution in [0.15, 0.2) is 0 Å². The van der Waals surface area contributed by atoms with Gasteiger partial charge in [0.1, 0.15) is 0 Å². The molecular formula is C6H12MnO4. The fraction of sp³-hybridized carbons (Fsp3) is 0.667. The van der Waals surface area contributed by atoms with Gasteiger partial charge in [-0.15, -0.1) is 0 Å². The summed E-state index contributed by atoms with van der Waals surface area (Å²) in [6.45, 7) is 4.37. The normalized spacial score (nSPS) is 7.27. The molecule has 2 N–H and O–H groups in total. The predicted molar refractivity (Wildman–Crippen MR) is 35.8 cm³/mol. The molecule has 0 spiro atoms. The van der Waals surface area contributed by atoms with Crippen LogP contribution in [0.3, 0.4) is 0 Å². The molecule has 0 aromatic carbocycles. The quantitative estimate of drug-likeness (QED) is 0.618. The van der Waals surface area contributed by atoms with Crippen LogP contribution in [0, 0.1) is 5.92 Å². The Hall–Kier alpha value is -0.541. The first-order valence-electron chi connectivity index (χ1n) is 2.80. The van der Waals surface area contributed by atoms with Crippen molar-refractivity contribution in [2.45, 2.75) is 20.8 Å². The van der Waals surface area contributed by atoms with Crippen LogP contribution in [0.5, 0.6) is 0 Å². The Bertz CT molecular complexity index is 118. The number of carboxylic acid groups (broad SMARTS) is 2. The monoisotopic (exact) mass is 203 g/mol. The molecule has 0 aliphatic carbocycles. The van der Waals surface area contributed by atoms with Crippen LogP contribution in [0.4, 0.5) is 0 Å². The third kappa shape index (κ3) is 44.0. The molecule has 0 atom stereocenters. The van der Waals surface area contributed by atoms with E-state index in [1.54, 1.807) is 13.8 Å². The maximum Gasteiger partial charge on any atom is 0.305 e. The summed E-state index contributed by atoms with van der Waals surface area (Å²) in [7, 11) is 0. The minimum absolute atomic E-state index is 0. The molecule has 0 fully saturated rings. The van der Waals surface area contributed by atoms with Crippen molar-refractivity contribution >= 4 is 11.9 Å². The molecule has 0 saturated heterocycles. The average Bonchev–Trinajstić information content (AvgIpc) is 1.63. The molecule has 0 aliphatic heterocycles. The van der Waals surface area contributed by atoms with E-state index in [0.29, 0.717) is 0 Å². The first kappa shape index (κ1) is 16.8. The molecule has 0 aromatic heterocycles. The second kappa shape index (κ2) is 9.46. The predicted octanol–water partition coefficient (Wildman–Crippen LogP) is 0.815. The van der Waals surface area contributed by atoms with Gasteiger partial charge in [0.05, 0.1) is 5.92 Å². The van der Waals surface area contributed by atoms with Crippen LogP contribution in [0.1, 0.15) is 20.8 Å². The summed E-state index contributed by atoms with van der Waals surface area (Å²) >= 11 is 0. The van der Waals surface area contributed by atoms with Crippen molar-refractivity contribution in [3.63, 3.8) is 0 Å². The number of carboxylic acids is 2. The van der Waals surface area contributed by atoms with E-state index in [1.807, 2.05) is 0 Å². The first-order valence-corrected chi connectivity index (χ1v) is 2.80.